The number of carbonyl (C=O) groups is 4. The van der Waals surface area contributed by atoms with Crippen molar-refractivity contribution in [2.24, 2.45) is 5.73 Å². The van der Waals surface area contributed by atoms with Crippen molar-refractivity contribution in [1.82, 2.24) is 15.5 Å². The second kappa shape index (κ2) is 9.28. The fraction of sp³-hybridized carbons (Fsp3) is 0.524. The molecule has 1 aromatic carbocycles. The molecule has 2 unspecified atom stereocenters. The van der Waals surface area contributed by atoms with Gasteiger partial charge in [0.05, 0.1) is 11.1 Å². The highest BCUT2D eigenvalue weighted by Gasteiger charge is 2.44. The molecule has 0 aromatic heterocycles. The van der Waals surface area contributed by atoms with Crippen molar-refractivity contribution in [1.29, 1.82) is 0 Å². The largest absolute Gasteiger partial charge is 0.328 e. The van der Waals surface area contributed by atoms with Crippen molar-refractivity contribution in [3.8, 4) is 0 Å². The average Bonchev–Trinajstić information content (AvgIpc) is 2.92. The first kappa shape index (κ1) is 21.1. The van der Waals surface area contributed by atoms with Gasteiger partial charge in [-0.15, -0.1) is 0 Å². The normalized spacial score (nSPS) is 20.1. The maximum atomic E-state index is 12.8. The molecule has 4 amide bonds. The van der Waals surface area contributed by atoms with Crippen LogP contribution >= 0.6 is 0 Å². The van der Waals surface area contributed by atoms with E-state index in [9.17, 15) is 19.2 Å². The number of rotatable bonds is 9. The maximum absolute atomic E-state index is 12.8. The third kappa shape index (κ3) is 4.71. The molecule has 3 rings (SSSR count). The van der Waals surface area contributed by atoms with Gasteiger partial charge in [0, 0.05) is 19.0 Å². The molecule has 0 radical (unpaired) electrons. The Morgan fingerprint density at radius 3 is 2.66 bits per heavy atom. The van der Waals surface area contributed by atoms with E-state index in [0.29, 0.717) is 17.7 Å². The van der Waals surface area contributed by atoms with Gasteiger partial charge in [-0.05, 0) is 49.9 Å². The summed E-state index contributed by atoms with van der Waals surface area (Å²) in [5.41, 5.74) is 7.52. The third-order valence-corrected chi connectivity index (χ3v) is 5.42. The van der Waals surface area contributed by atoms with Crippen LogP contribution in [0.3, 0.4) is 0 Å². The summed E-state index contributed by atoms with van der Waals surface area (Å²) in [4.78, 5) is 49.9. The standard InChI is InChI=1S/C21H28N4O4/c1-2-4-14(22)5-3-10-23-12-13-6-7-15-16(11-13)21(29)25(20(15)28)17-8-9-18(26)24-19(17)27/h6-7,11,14,17,23H,2-5,8-10,12,22H2,1H3,(H,24,26,27). The molecule has 156 valence electrons. The Bertz CT molecular complexity index is 823. The average molecular weight is 400 g/mol. The number of nitrogens with one attached hydrogen (secondary N) is 2. The lowest BCUT2D eigenvalue weighted by Crippen LogP contribution is -2.54. The minimum absolute atomic E-state index is 0.112. The van der Waals surface area contributed by atoms with Gasteiger partial charge >= 0.3 is 0 Å². The minimum atomic E-state index is -0.936. The third-order valence-electron chi connectivity index (χ3n) is 5.42. The van der Waals surface area contributed by atoms with Crippen LogP contribution in [0.2, 0.25) is 0 Å². The molecule has 2 aliphatic heterocycles. The van der Waals surface area contributed by atoms with Crippen LogP contribution in [-0.2, 0) is 16.1 Å². The first-order valence-electron chi connectivity index (χ1n) is 10.2. The smallest absolute Gasteiger partial charge is 0.262 e. The summed E-state index contributed by atoms with van der Waals surface area (Å²) in [5.74, 6) is -1.94. The van der Waals surface area contributed by atoms with E-state index >= 15 is 0 Å². The van der Waals surface area contributed by atoms with E-state index in [0.717, 1.165) is 42.7 Å². The Morgan fingerprint density at radius 1 is 1.17 bits per heavy atom. The molecule has 2 aliphatic rings. The topological polar surface area (TPSA) is 122 Å². The van der Waals surface area contributed by atoms with Crippen molar-refractivity contribution in [3.63, 3.8) is 0 Å². The quantitative estimate of drug-likeness (QED) is 0.421. The molecule has 0 saturated carbocycles. The maximum Gasteiger partial charge on any atom is 0.262 e. The predicted octanol–water partition coefficient (Wildman–Crippen LogP) is 1.09. The van der Waals surface area contributed by atoms with Gasteiger partial charge in [0.1, 0.15) is 6.04 Å². The fourth-order valence-electron chi connectivity index (χ4n) is 3.87. The number of piperidine rings is 1. The second-order valence-corrected chi connectivity index (χ2v) is 7.69. The Hall–Kier alpha value is -2.58. The zero-order chi connectivity index (χ0) is 21.0. The molecule has 1 aromatic rings. The number of benzene rings is 1. The lowest BCUT2D eigenvalue weighted by molar-refractivity contribution is -0.136. The monoisotopic (exact) mass is 400 g/mol. The van der Waals surface area contributed by atoms with E-state index in [1.807, 2.05) is 6.07 Å². The number of carbonyl (C=O) groups excluding carboxylic acids is 4. The minimum Gasteiger partial charge on any atom is -0.328 e. The Labute approximate surface area is 170 Å². The molecule has 1 fully saturated rings. The molecule has 8 nitrogen and oxygen atoms in total. The van der Waals surface area contributed by atoms with E-state index in [2.05, 4.69) is 17.6 Å². The van der Waals surface area contributed by atoms with Gasteiger partial charge in [-0.2, -0.15) is 0 Å². The van der Waals surface area contributed by atoms with Crippen LogP contribution in [0, 0.1) is 0 Å². The van der Waals surface area contributed by atoms with Crippen molar-refractivity contribution in [3.05, 3.63) is 34.9 Å². The lowest BCUT2D eigenvalue weighted by atomic mass is 10.0. The van der Waals surface area contributed by atoms with Crippen LogP contribution in [0.4, 0.5) is 0 Å². The second-order valence-electron chi connectivity index (χ2n) is 7.69. The summed E-state index contributed by atoms with van der Waals surface area (Å²) >= 11 is 0. The van der Waals surface area contributed by atoms with Crippen LogP contribution < -0.4 is 16.4 Å². The molecular weight excluding hydrogens is 372 g/mol. The van der Waals surface area contributed by atoms with E-state index in [1.54, 1.807) is 12.1 Å². The van der Waals surface area contributed by atoms with Crippen molar-refractivity contribution < 1.29 is 19.2 Å². The van der Waals surface area contributed by atoms with Crippen molar-refractivity contribution in [2.75, 3.05) is 6.54 Å². The highest BCUT2D eigenvalue weighted by molar-refractivity contribution is 6.23. The number of imide groups is 2. The molecule has 1 saturated heterocycles. The van der Waals surface area contributed by atoms with Crippen LogP contribution in [-0.4, -0.2) is 47.2 Å². The molecule has 0 bridgehead atoms. The van der Waals surface area contributed by atoms with Crippen LogP contribution in [0.5, 0.6) is 0 Å². The molecule has 29 heavy (non-hydrogen) atoms. The zero-order valence-corrected chi connectivity index (χ0v) is 16.7. The number of fused-ring (bicyclic) bond motifs is 1. The predicted molar refractivity (Wildman–Crippen MR) is 107 cm³/mol. The summed E-state index contributed by atoms with van der Waals surface area (Å²) in [5, 5.41) is 5.53. The Kier molecular flexibility index (Phi) is 6.76. The molecule has 2 atom stereocenters. The van der Waals surface area contributed by atoms with Crippen LogP contribution in [0.25, 0.3) is 0 Å². The number of amides is 4. The highest BCUT2D eigenvalue weighted by Crippen LogP contribution is 2.28. The van der Waals surface area contributed by atoms with Gasteiger partial charge in [0.25, 0.3) is 11.8 Å². The zero-order valence-electron chi connectivity index (χ0n) is 16.7. The van der Waals surface area contributed by atoms with Gasteiger partial charge in [-0.3, -0.25) is 29.4 Å². The molecular formula is C21H28N4O4. The van der Waals surface area contributed by atoms with E-state index < -0.39 is 23.8 Å². The van der Waals surface area contributed by atoms with E-state index in [1.165, 1.54) is 0 Å². The fourth-order valence-corrected chi connectivity index (χ4v) is 3.87. The Morgan fingerprint density at radius 2 is 1.93 bits per heavy atom. The van der Waals surface area contributed by atoms with Gasteiger partial charge < -0.3 is 11.1 Å². The number of hydrogen-bond acceptors (Lipinski definition) is 6. The van der Waals surface area contributed by atoms with Crippen molar-refractivity contribution in [2.45, 2.75) is 64.1 Å². The Balaban J connectivity index is 1.59. The summed E-state index contributed by atoms with van der Waals surface area (Å²) in [6.45, 7) is 3.53. The first-order chi connectivity index (χ1) is 13.9. The van der Waals surface area contributed by atoms with Gasteiger partial charge in [0.15, 0.2) is 0 Å². The van der Waals surface area contributed by atoms with Gasteiger partial charge in [0.2, 0.25) is 11.8 Å². The van der Waals surface area contributed by atoms with Crippen LogP contribution in [0.15, 0.2) is 18.2 Å². The summed E-state index contributed by atoms with van der Waals surface area (Å²) in [7, 11) is 0. The van der Waals surface area contributed by atoms with Crippen molar-refractivity contribution >= 4 is 23.6 Å². The van der Waals surface area contributed by atoms with E-state index in [4.69, 9.17) is 5.73 Å². The summed E-state index contributed by atoms with van der Waals surface area (Å²) in [6.07, 6.45) is 4.34. The molecule has 4 N–H and O–H groups in total. The SMILES string of the molecule is CCCC(N)CCCNCc1ccc2c(c1)C(=O)N(C1CCC(=O)NC1=O)C2=O. The molecule has 8 heteroatoms. The number of nitrogens with two attached hydrogens (primary N) is 1. The summed E-state index contributed by atoms with van der Waals surface area (Å²) in [6, 6.07) is 4.46. The summed E-state index contributed by atoms with van der Waals surface area (Å²) < 4.78 is 0. The molecule has 0 spiro atoms. The number of nitrogens with zero attached hydrogens (tertiary/aromatic N) is 1. The van der Waals surface area contributed by atoms with Crippen LogP contribution in [0.1, 0.15) is 71.7 Å². The first-order valence-corrected chi connectivity index (χ1v) is 10.2. The molecule has 2 heterocycles. The lowest BCUT2D eigenvalue weighted by Gasteiger charge is -2.27. The van der Waals surface area contributed by atoms with Gasteiger partial charge in [-0.1, -0.05) is 19.4 Å². The molecule has 0 aliphatic carbocycles. The highest BCUT2D eigenvalue weighted by atomic mass is 16.2. The van der Waals surface area contributed by atoms with Gasteiger partial charge in [-0.25, -0.2) is 0 Å². The number of hydrogen-bond donors (Lipinski definition) is 3. The van der Waals surface area contributed by atoms with E-state index in [-0.39, 0.29) is 24.8 Å².